The van der Waals surface area contributed by atoms with E-state index in [0.29, 0.717) is 12.5 Å². The molecular formula is C37H61O3P. The van der Waals surface area contributed by atoms with Crippen LogP contribution >= 0.6 is 8.60 Å². The van der Waals surface area contributed by atoms with Crippen molar-refractivity contribution in [3.05, 3.63) is 57.9 Å². The van der Waals surface area contributed by atoms with Crippen LogP contribution in [0, 0.1) is 33.5 Å². The third kappa shape index (κ3) is 8.93. The Morgan fingerprint density at radius 3 is 2.07 bits per heavy atom. The maximum Gasteiger partial charge on any atom is 0.397 e. The Morgan fingerprint density at radius 1 is 0.878 bits per heavy atom. The molecule has 3 rings (SSSR count). The molecule has 3 aliphatic rings. The van der Waals surface area contributed by atoms with Crippen LogP contribution < -0.4 is 0 Å². The van der Waals surface area contributed by atoms with Crippen molar-refractivity contribution >= 4 is 8.60 Å². The first-order chi connectivity index (χ1) is 18.7. The second-order valence-electron chi connectivity index (χ2n) is 17.1. The largest absolute Gasteiger partial charge is 0.430 e. The summed E-state index contributed by atoms with van der Waals surface area (Å²) in [6.07, 6.45) is 14.7. The molecule has 0 bridgehead atoms. The van der Waals surface area contributed by atoms with Gasteiger partial charge >= 0.3 is 8.60 Å². The van der Waals surface area contributed by atoms with Crippen molar-refractivity contribution in [2.75, 3.05) is 6.61 Å². The molecular weight excluding hydrogens is 523 g/mol. The summed E-state index contributed by atoms with van der Waals surface area (Å²) in [7, 11) is -1.61. The molecule has 4 heteroatoms. The highest BCUT2D eigenvalue weighted by atomic mass is 31.2. The quantitative estimate of drug-likeness (QED) is 0.279. The first-order valence-corrected chi connectivity index (χ1v) is 17.1. The molecule has 3 unspecified atom stereocenters. The van der Waals surface area contributed by atoms with Gasteiger partial charge in [0.1, 0.15) is 11.9 Å². The van der Waals surface area contributed by atoms with Crippen molar-refractivity contribution in [3.8, 4) is 0 Å². The Labute approximate surface area is 255 Å². The third-order valence-electron chi connectivity index (χ3n) is 8.81. The van der Waals surface area contributed by atoms with E-state index in [1.54, 1.807) is 0 Å². The monoisotopic (exact) mass is 584 g/mol. The van der Waals surface area contributed by atoms with E-state index < -0.39 is 8.60 Å². The zero-order chi connectivity index (χ0) is 31.0. The van der Waals surface area contributed by atoms with Crippen LogP contribution in [0.2, 0.25) is 0 Å². The van der Waals surface area contributed by atoms with E-state index in [1.165, 1.54) is 40.7 Å². The van der Waals surface area contributed by atoms with Crippen molar-refractivity contribution in [2.45, 2.75) is 135 Å². The van der Waals surface area contributed by atoms with Gasteiger partial charge < -0.3 is 9.05 Å². The topological polar surface area (TPSA) is 27.7 Å². The predicted molar refractivity (Wildman–Crippen MR) is 177 cm³/mol. The number of rotatable bonds is 7. The Morgan fingerprint density at radius 2 is 1.54 bits per heavy atom. The molecule has 0 spiro atoms. The van der Waals surface area contributed by atoms with E-state index in [-0.39, 0.29) is 27.8 Å². The second-order valence-corrected chi connectivity index (χ2v) is 18.2. The molecule has 1 heterocycles. The van der Waals surface area contributed by atoms with Crippen LogP contribution in [0.15, 0.2) is 57.9 Å². The summed E-state index contributed by atoms with van der Waals surface area (Å²) in [6.45, 7) is 32.9. The Balaban J connectivity index is 2.11. The summed E-state index contributed by atoms with van der Waals surface area (Å²) >= 11 is 0. The summed E-state index contributed by atoms with van der Waals surface area (Å²) < 4.78 is 20.7. The molecule has 3 nitrogen and oxygen atoms in total. The standard InChI is InChI=1S/C37H61O3P/c1-25(2)17-15-18-27(35(6,7)8)24-38-41-39-32-29(19-16-20-31(32)36(9,10)11)28-22-21-26(34(3,4)5)23-30(28)33(40-41)37(12,13)14/h16,19-20,23,25,27,32H,15,17-18,21-22,24H2,1-14H3/b29-28-,33-30?. The third-order valence-corrected chi connectivity index (χ3v) is 9.88. The molecule has 0 radical (unpaired) electrons. The first kappa shape index (κ1) is 34.3. The van der Waals surface area contributed by atoms with Crippen molar-refractivity contribution in [1.82, 2.24) is 0 Å². The van der Waals surface area contributed by atoms with E-state index in [0.717, 1.165) is 30.9 Å². The lowest BCUT2D eigenvalue weighted by Crippen LogP contribution is -2.31. The highest BCUT2D eigenvalue weighted by molar-refractivity contribution is 7.41. The van der Waals surface area contributed by atoms with Gasteiger partial charge in [-0.15, -0.1) is 0 Å². The van der Waals surface area contributed by atoms with Gasteiger partial charge in [0.2, 0.25) is 0 Å². The molecule has 3 atom stereocenters. The van der Waals surface area contributed by atoms with Crippen LogP contribution in [0.1, 0.15) is 129 Å². The fourth-order valence-corrected chi connectivity index (χ4v) is 7.33. The van der Waals surface area contributed by atoms with Gasteiger partial charge in [0.25, 0.3) is 0 Å². The average molecular weight is 585 g/mol. The highest BCUT2D eigenvalue weighted by Gasteiger charge is 2.41. The maximum atomic E-state index is 7.00. The highest BCUT2D eigenvalue weighted by Crippen LogP contribution is 2.56. The fraction of sp³-hybridized carbons (Fsp3) is 0.730. The summed E-state index contributed by atoms with van der Waals surface area (Å²) in [4.78, 5) is 0. The van der Waals surface area contributed by atoms with Crippen molar-refractivity contribution in [3.63, 3.8) is 0 Å². The van der Waals surface area contributed by atoms with E-state index in [2.05, 4.69) is 121 Å². The van der Waals surface area contributed by atoms with Crippen LogP contribution in [0.4, 0.5) is 0 Å². The average Bonchev–Trinajstić information content (AvgIpc) is 2.79. The minimum Gasteiger partial charge on any atom is -0.430 e. The second kappa shape index (κ2) is 12.8. The van der Waals surface area contributed by atoms with Gasteiger partial charge in [-0.3, -0.25) is 4.52 Å². The maximum absolute atomic E-state index is 7.00. The summed E-state index contributed by atoms with van der Waals surface area (Å²) in [5.41, 5.74) is 6.69. The van der Waals surface area contributed by atoms with Crippen LogP contribution in [0.3, 0.4) is 0 Å². The van der Waals surface area contributed by atoms with Crippen LogP contribution in [-0.4, -0.2) is 12.7 Å². The Bertz CT molecular complexity index is 1090. The lowest BCUT2D eigenvalue weighted by molar-refractivity contribution is 0.0913. The zero-order valence-corrected chi connectivity index (χ0v) is 29.9. The molecule has 0 aromatic rings. The van der Waals surface area contributed by atoms with E-state index in [4.69, 9.17) is 13.6 Å². The SMILES string of the molecule is CC(C)CCCC(COP1OC(C(C)(C)C)=C2C=C(C(C)(C)C)CC/C2=C2\C=CC=C(C(C)(C)C)C2O1)C(C)(C)C. The number of allylic oxidation sites excluding steroid dienone is 7. The van der Waals surface area contributed by atoms with Crippen LogP contribution in [-0.2, 0) is 13.6 Å². The van der Waals surface area contributed by atoms with Crippen LogP contribution in [0.25, 0.3) is 0 Å². The van der Waals surface area contributed by atoms with E-state index in [9.17, 15) is 0 Å². The Hall–Kier alpha value is -1.15. The molecule has 232 valence electrons. The van der Waals surface area contributed by atoms with Crippen molar-refractivity contribution in [1.29, 1.82) is 0 Å². The summed E-state index contributed by atoms with van der Waals surface area (Å²) in [6, 6.07) is 0. The summed E-state index contributed by atoms with van der Waals surface area (Å²) in [5, 5.41) is 0. The minimum atomic E-state index is -1.61. The lowest BCUT2D eigenvalue weighted by atomic mass is 9.72. The van der Waals surface area contributed by atoms with Crippen molar-refractivity contribution < 1.29 is 13.6 Å². The Kier molecular flexibility index (Phi) is 10.8. The smallest absolute Gasteiger partial charge is 0.397 e. The fourth-order valence-electron chi connectivity index (χ4n) is 5.95. The molecule has 0 N–H and O–H groups in total. The first-order valence-electron chi connectivity index (χ1n) is 16.1. The summed E-state index contributed by atoms with van der Waals surface area (Å²) in [5.74, 6) is 2.16. The molecule has 0 aromatic carbocycles. The van der Waals surface area contributed by atoms with Gasteiger partial charge in [-0.1, -0.05) is 140 Å². The van der Waals surface area contributed by atoms with E-state index in [1.807, 2.05) is 0 Å². The zero-order valence-electron chi connectivity index (χ0n) is 29.0. The minimum absolute atomic E-state index is 0.0377. The van der Waals surface area contributed by atoms with E-state index >= 15 is 0 Å². The van der Waals surface area contributed by atoms with Crippen molar-refractivity contribution in [2.24, 2.45) is 33.5 Å². The number of hydrogen-bond donors (Lipinski definition) is 0. The van der Waals surface area contributed by atoms with Gasteiger partial charge in [0, 0.05) is 11.0 Å². The molecule has 0 fully saturated rings. The molecule has 0 saturated carbocycles. The van der Waals surface area contributed by atoms with Gasteiger partial charge in [-0.2, -0.15) is 0 Å². The predicted octanol–water partition coefficient (Wildman–Crippen LogP) is 12.0. The normalized spacial score (nSPS) is 25.1. The van der Waals surface area contributed by atoms with Gasteiger partial charge in [-0.25, -0.2) is 0 Å². The molecule has 0 aromatic heterocycles. The lowest BCUT2D eigenvalue weighted by Gasteiger charge is -2.41. The molecule has 1 aliphatic heterocycles. The number of fused-ring (bicyclic) bond motifs is 2. The molecule has 41 heavy (non-hydrogen) atoms. The van der Waals surface area contributed by atoms with Crippen LogP contribution in [0.5, 0.6) is 0 Å². The van der Waals surface area contributed by atoms with Gasteiger partial charge in [0.05, 0.1) is 6.61 Å². The number of hydrogen-bond acceptors (Lipinski definition) is 3. The molecule has 2 aliphatic carbocycles. The molecule has 0 saturated heterocycles. The molecule has 0 amide bonds. The van der Waals surface area contributed by atoms with Gasteiger partial charge in [-0.05, 0) is 64.1 Å². The van der Waals surface area contributed by atoms with Gasteiger partial charge in [0.15, 0.2) is 0 Å².